The van der Waals surface area contributed by atoms with Crippen molar-refractivity contribution in [2.24, 2.45) is 10.7 Å². The van der Waals surface area contributed by atoms with Gasteiger partial charge in [0.1, 0.15) is 0 Å². The molecule has 0 radical (unpaired) electrons. The average molecular weight is 540 g/mol. The van der Waals surface area contributed by atoms with Gasteiger partial charge in [-0.15, -0.1) is 24.0 Å². The van der Waals surface area contributed by atoms with Crippen LogP contribution in [0.4, 0.5) is 0 Å². The number of aryl methyl sites for hydroxylation is 1. The molecule has 0 saturated carbocycles. The number of ether oxygens (including phenoxy) is 3. The summed E-state index contributed by atoms with van der Waals surface area (Å²) in [5.74, 6) is 1.81. The third-order valence-electron chi connectivity index (χ3n) is 5.27. The summed E-state index contributed by atoms with van der Waals surface area (Å²) in [6.07, 6.45) is 0. The first-order valence-corrected chi connectivity index (χ1v) is 10.2. The van der Waals surface area contributed by atoms with Gasteiger partial charge in [0.2, 0.25) is 0 Å². The van der Waals surface area contributed by atoms with Gasteiger partial charge in [-0.2, -0.15) is 0 Å². The van der Waals surface area contributed by atoms with E-state index in [2.05, 4.69) is 46.4 Å². The van der Waals surface area contributed by atoms with Gasteiger partial charge in [0.25, 0.3) is 0 Å². The number of hydrogen-bond donors (Lipinski definition) is 2. The minimum Gasteiger partial charge on any atom is -0.493 e. The molecule has 0 aromatic heterocycles. The van der Waals surface area contributed by atoms with Crippen molar-refractivity contribution in [3.05, 3.63) is 59.2 Å². The van der Waals surface area contributed by atoms with Gasteiger partial charge in [0.05, 0.1) is 40.0 Å². The van der Waals surface area contributed by atoms with Crippen molar-refractivity contribution in [1.29, 1.82) is 0 Å². The third kappa shape index (κ3) is 7.26. The van der Waals surface area contributed by atoms with Crippen LogP contribution in [0.5, 0.6) is 11.5 Å². The fourth-order valence-corrected chi connectivity index (χ4v) is 3.64. The summed E-state index contributed by atoms with van der Waals surface area (Å²) >= 11 is 0. The maximum atomic E-state index is 6.17. The number of guanidine groups is 1. The monoisotopic (exact) mass is 540 g/mol. The standard InChI is InChI=1S/C23H32N4O3.HI/c1-17-5-4-6-19(13-17)20(27-9-11-30-12-10-27)16-26-23(24)25-15-18-7-8-21(28-2)22(14-18)29-3;/h4-8,13-14,20H,9-12,15-16H2,1-3H3,(H3,24,25,26);1H. The average Bonchev–Trinajstić information content (AvgIpc) is 2.78. The highest BCUT2D eigenvalue weighted by Gasteiger charge is 2.22. The van der Waals surface area contributed by atoms with Crippen molar-refractivity contribution in [3.63, 3.8) is 0 Å². The summed E-state index contributed by atoms with van der Waals surface area (Å²) in [7, 11) is 3.24. The Bertz CT molecular complexity index is 856. The predicted molar refractivity (Wildman–Crippen MR) is 135 cm³/mol. The van der Waals surface area contributed by atoms with Gasteiger partial charge in [-0.1, -0.05) is 35.9 Å². The number of nitrogens with one attached hydrogen (secondary N) is 1. The van der Waals surface area contributed by atoms with Gasteiger partial charge in [0.15, 0.2) is 17.5 Å². The molecular weight excluding hydrogens is 507 g/mol. The van der Waals surface area contributed by atoms with Crippen molar-refractivity contribution < 1.29 is 14.2 Å². The molecule has 7 nitrogen and oxygen atoms in total. The summed E-state index contributed by atoms with van der Waals surface area (Å²) < 4.78 is 16.2. The molecule has 1 aliphatic heterocycles. The van der Waals surface area contributed by atoms with Gasteiger partial charge in [-0.05, 0) is 30.2 Å². The van der Waals surface area contributed by atoms with Crippen LogP contribution in [-0.2, 0) is 11.3 Å². The number of halogens is 1. The molecule has 3 N–H and O–H groups in total. The first-order chi connectivity index (χ1) is 14.6. The molecule has 1 fully saturated rings. The largest absolute Gasteiger partial charge is 0.493 e. The Morgan fingerprint density at radius 1 is 1.13 bits per heavy atom. The first kappa shape index (κ1) is 25.2. The third-order valence-corrected chi connectivity index (χ3v) is 5.27. The van der Waals surface area contributed by atoms with Crippen LogP contribution in [0.2, 0.25) is 0 Å². The molecule has 170 valence electrons. The molecular formula is C23H33IN4O3. The Labute approximate surface area is 202 Å². The predicted octanol–water partition coefficient (Wildman–Crippen LogP) is 3.11. The van der Waals surface area contributed by atoms with Crippen LogP contribution in [0.25, 0.3) is 0 Å². The topological polar surface area (TPSA) is 81.3 Å². The fourth-order valence-electron chi connectivity index (χ4n) is 3.64. The molecule has 0 amide bonds. The van der Waals surface area contributed by atoms with Crippen molar-refractivity contribution in [2.45, 2.75) is 19.5 Å². The van der Waals surface area contributed by atoms with Gasteiger partial charge in [0, 0.05) is 19.6 Å². The SMILES string of the molecule is COc1ccc(CN=C(N)NCC(c2cccc(C)c2)N2CCOCC2)cc1OC.I. The second kappa shape index (κ2) is 12.7. The van der Waals surface area contributed by atoms with Crippen molar-refractivity contribution >= 4 is 29.9 Å². The maximum Gasteiger partial charge on any atom is 0.188 e. The molecule has 1 unspecified atom stereocenters. The van der Waals surface area contributed by atoms with E-state index in [0.29, 0.717) is 30.5 Å². The van der Waals surface area contributed by atoms with E-state index in [4.69, 9.17) is 19.9 Å². The second-order valence-electron chi connectivity index (χ2n) is 7.35. The number of aliphatic imine (C=N–C) groups is 1. The van der Waals surface area contributed by atoms with E-state index in [1.54, 1.807) is 14.2 Å². The minimum atomic E-state index is 0. The number of methoxy groups -OCH3 is 2. The van der Waals surface area contributed by atoms with E-state index in [0.717, 1.165) is 31.9 Å². The fraction of sp³-hybridized carbons (Fsp3) is 0.435. The van der Waals surface area contributed by atoms with Crippen LogP contribution in [0.15, 0.2) is 47.5 Å². The number of morpholine rings is 1. The quantitative estimate of drug-likeness (QED) is 0.305. The van der Waals surface area contributed by atoms with Crippen LogP contribution >= 0.6 is 24.0 Å². The van der Waals surface area contributed by atoms with Crippen LogP contribution < -0.4 is 20.5 Å². The highest BCUT2D eigenvalue weighted by atomic mass is 127. The smallest absolute Gasteiger partial charge is 0.188 e. The lowest BCUT2D eigenvalue weighted by Crippen LogP contribution is -2.45. The normalized spacial score (nSPS) is 15.6. The highest BCUT2D eigenvalue weighted by Crippen LogP contribution is 2.27. The minimum absolute atomic E-state index is 0. The van der Waals surface area contributed by atoms with Crippen LogP contribution in [0.1, 0.15) is 22.7 Å². The van der Waals surface area contributed by atoms with E-state index in [-0.39, 0.29) is 30.0 Å². The van der Waals surface area contributed by atoms with Crippen LogP contribution in [0.3, 0.4) is 0 Å². The molecule has 0 bridgehead atoms. The van der Waals surface area contributed by atoms with Crippen molar-refractivity contribution in [1.82, 2.24) is 10.2 Å². The molecule has 1 heterocycles. The lowest BCUT2D eigenvalue weighted by molar-refractivity contribution is 0.0170. The summed E-state index contributed by atoms with van der Waals surface area (Å²) in [6.45, 7) is 6.59. The number of nitrogens with two attached hydrogens (primary N) is 1. The van der Waals surface area contributed by atoms with Crippen LogP contribution in [0, 0.1) is 6.92 Å². The molecule has 31 heavy (non-hydrogen) atoms. The Kier molecular flexibility index (Phi) is 10.4. The van der Waals surface area contributed by atoms with Crippen molar-refractivity contribution in [2.75, 3.05) is 47.1 Å². The van der Waals surface area contributed by atoms with E-state index in [9.17, 15) is 0 Å². The summed E-state index contributed by atoms with van der Waals surface area (Å²) in [4.78, 5) is 6.93. The Morgan fingerprint density at radius 3 is 2.55 bits per heavy atom. The zero-order chi connectivity index (χ0) is 21.3. The van der Waals surface area contributed by atoms with Crippen molar-refractivity contribution in [3.8, 4) is 11.5 Å². The molecule has 0 spiro atoms. The molecule has 3 rings (SSSR count). The molecule has 8 heteroatoms. The van der Waals surface area contributed by atoms with E-state index in [1.165, 1.54) is 11.1 Å². The molecule has 1 atom stereocenters. The Hall–Kier alpha value is -2.04. The Balaban J connectivity index is 0.00000341. The molecule has 1 aliphatic rings. The number of nitrogens with zero attached hydrogens (tertiary/aromatic N) is 2. The van der Waals surface area contributed by atoms with E-state index < -0.39 is 0 Å². The van der Waals surface area contributed by atoms with Gasteiger partial charge in [-0.25, -0.2) is 4.99 Å². The van der Waals surface area contributed by atoms with Gasteiger partial charge in [-0.3, -0.25) is 4.90 Å². The van der Waals surface area contributed by atoms with Crippen LogP contribution in [-0.4, -0.2) is 57.9 Å². The lowest BCUT2D eigenvalue weighted by Gasteiger charge is -2.35. The number of rotatable bonds is 8. The first-order valence-electron chi connectivity index (χ1n) is 10.2. The summed E-state index contributed by atoms with van der Waals surface area (Å²) in [5, 5.41) is 3.31. The summed E-state index contributed by atoms with van der Waals surface area (Å²) in [6, 6.07) is 14.6. The molecule has 0 aliphatic carbocycles. The zero-order valence-electron chi connectivity index (χ0n) is 18.5. The Morgan fingerprint density at radius 2 is 1.87 bits per heavy atom. The van der Waals surface area contributed by atoms with E-state index >= 15 is 0 Å². The number of benzene rings is 2. The second-order valence-corrected chi connectivity index (χ2v) is 7.35. The molecule has 1 saturated heterocycles. The molecule has 2 aromatic rings. The maximum absolute atomic E-state index is 6.17. The molecule has 2 aromatic carbocycles. The zero-order valence-corrected chi connectivity index (χ0v) is 20.8. The van der Waals surface area contributed by atoms with Gasteiger partial charge < -0.3 is 25.3 Å². The van der Waals surface area contributed by atoms with Gasteiger partial charge >= 0.3 is 0 Å². The number of hydrogen-bond acceptors (Lipinski definition) is 5. The summed E-state index contributed by atoms with van der Waals surface area (Å²) in [5.41, 5.74) is 9.70. The lowest BCUT2D eigenvalue weighted by atomic mass is 10.0. The highest BCUT2D eigenvalue weighted by molar-refractivity contribution is 14.0. The van der Waals surface area contributed by atoms with E-state index in [1.807, 2.05) is 18.2 Å².